The van der Waals surface area contributed by atoms with Gasteiger partial charge >= 0.3 is 6.09 Å². The molecule has 2 rings (SSSR count). The van der Waals surface area contributed by atoms with E-state index in [4.69, 9.17) is 4.74 Å². The maximum Gasteiger partial charge on any atom is 0.407 e. The van der Waals surface area contributed by atoms with Gasteiger partial charge in [0.1, 0.15) is 6.61 Å². The first-order chi connectivity index (χ1) is 7.90. The van der Waals surface area contributed by atoms with E-state index in [2.05, 4.69) is 54.2 Å². The molecule has 0 bridgehead atoms. The van der Waals surface area contributed by atoms with Gasteiger partial charge in [-0.05, 0) is 30.2 Å². The first kappa shape index (κ1) is 15.3. The highest BCUT2D eigenvalue weighted by Crippen LogP contribution is 2.38. The molecule has 100 valence electrons. The Morgan fingerprint density at radius 1 is 1.44 bits per heavy atom. The smallest absolute Gasteiger partial charge is 0.407 e. The van der Waals surface area contributed by atoms with Crippen LogP contribution < -0.4 is 5.32 Å². The second-order valence-corrected chi connectivity index (χ2v) is 6.06. The second kappa shape index (κ2) is 5.49. The number of cyclic esters (lactones) is 1. The molecule has 1 aliphatic heterocycles. The Labute approximate surface area is 122 Å². The number of amides is 1. The lowest BCUT2D eigenvalue weighted by molar-refractivity contribution is 0.0385. The molecule has 18 heavy (non-hydrogen) atoms. The van der Waals surface area contributed by atoms with Crippen molar-refractivity contribution in [3.63, 3.8) is 0 Å². The predicted molar refractivity (Wildman–Crippen MR) is 77.1 cm³/mol. The Balaban J connectivity index is 0.00000162. The zero-order valence-corrected chi connectivity index (χ0v) is 13.0. The van der Waals surface area contributed by atoms with Gasteiger partial charge in [0.05, 0.1) is 6.04 Å². The predicted octanol–water partition coefficient (Wildman–Crippen LogP) is 3.99. The lowest BCUT2D eigenvalue weighted by Crippen LogP contribution is -2.47. The van der Waals surface area contributed by atoms with Gasteiger partial charge in [0.15, 0.2) is 0 Å². The van der Waals surface area contributed by atoms with Crippen molar-refractivity contribution in [1.82, 2.24) is 5.32 Å². The number of aryl methyl sites for hydroxylation is 1. The Hall–Kier alpha value is -0.740. The van der Waals surface area contributed by atoms with Crippen LogP contribution in [0.3, 0.4) is 0 Å². The zero-order valence-electron chi connectivity index (χ0n) is 10.6. The number of hydrogen-bond acceptors (Lipinski definition) is 2. The molecule has 1 saturated heterocycles. The number of carbonyl (C=O) groups excluding carboxylic acids is 1. The van der Waals surface area contributed by atoms with Gasteiger partial charge in [-0.25, -0.2) is 4.79 Å². The fourth-order valence-corrected chi connectivity index (χ4v) is 2.49. The summed E-state index contributed by atoms with van der Waals surface area (Å²) in [6.07, 6.45) is -0.339. The van der Waals surface area contributed by atoms with Crippen LogP contribution in [0, 0.1) is 12.3 Å². The highest BCUT2D eigenvalue weighted by Gasteiger charge is 2.38. The van der Waals surface area contributed by atoms with Gasteiger partial charge in [0.2, 0.25) is 0 Å². The Kier molecular flexibility index (Phi) is 4.67. The first-order valence-corrected chi connectivity index (χ1v) is 6.39. The van der Waals surface area contributed by atoms with E-state index in [1.807, 2.05) is 6.07 Å². The Bertz CT molecular complexity index is 462. The average Bonchev–Trinajstić information content (AvgIpc) is 2.26. The molecule has 0 aliphatic carbocycles. The third-order valence-electron chi connectivity index (χ3n) is 3.17. The molecule has 1 fully saturated rings. The summed E-state index contributed by atoms with van der Waals surface area (Å²) >= 11 is 3.47. The van der Waals surface area contributed by atoms with Crippen molar-refractivity contribution < 1.29 is 9.53 Å². The summed E-state index contributed by atoms with van der Waals surface area (Å²) in [5, 5.41) is 2.91. The van der Waals surface area contributed by atoms with Gasteiger partial charge in [0, 0.05) is 9.89 Å². The van der Waals surface area contributed by atoms with Crippen molar-refractivity contribution in [3.05, 3.63) is 33.8 Å². The molecule has 1 amide bonds. The van der Waals surface area contributed by atoms with E-state index in [1.54, 1.807) is 0 Å². The maximum atomic E-state index is 11.4. The number of hydrogen-bond donors (Lipinski definition) is 1. The van der Waals surface area contributed by atoms with Crippen molar-refractivity contribution in [2.75, 3.05) is 6.61 Å². The third-order valence-corrected chi connectivity index (χ3v) is 3.66. The monoisotopic (exact) mass is 333 g/mol. The largest absolute Gasteiger partial charge is 0.449 e. The van der Waals surface area contributed by atoms with E-state index in [9.17, 15) is 4.79 Å². The van der Waals surface area contributed by atoms with E-state index < -0.39 is 0 Å². The quantitative estimate of drug-likeness (QED) is 0.843. The number of ether oxygens (including phenoxy) is 1. The minimum atomic E-state index is -0.339. The van der Waals surface area contributed by atoms with Gasteiger partial charge in [-0.1, -0.05) is 35.8 Å². The maximum absolute atomic E-state index is 11.4. The van der Waals surface area contributed by atoms with Crippen LogP contribution in [-0.4, -0.2) is 12.7 Å². The molecule has 1 aromatic carbocycles. The molecule has 0 saturated carbocycles. The third kappa shape index (κ3) is 2.98. The molecule has 0 aromatic heterocycles. The Morgan fingerprint density at radius 2 is 2.11 bits per heavy atom. The number of rotatable bonds is 1. The molecule has 0 unspecified atom stereocenters. The van der Waals surface area contributed by atoms with Gasteiger partial charge in [-0.15, -0.1) is 12.4 Å². The highest BCUT2D eigenvalue weighted by atomic mass is 79.9. The fraction of sp³-hybridized carbons (Fsp3) is 0.462. The number of alkyl carbamates (subject to hydrolysis) is 1. The molecule has 1 atom stereocenters. The minimum absolute atomic E-state index is 0. The van der Waals surface area contributed by atoms with Crippen molar-refractivity contribution in [3.8, 4) is 0 Å². The first-order valence-electron chi connectivity index (χ1n) is 5.59. The van der Waals surface area contributed by atoms with Crippen molar-refractivity contribution in [2.24, 2.45) is 5.41 Å². The molecule has 1 aliphatic rings. The van der Waals surface area contributed by atoms with E-state index in [1.165, 1.54) is 5.56 Å². The molecule has 1 aromatic rings. The molecular formula is C13H17BrClNO2. The topological polar surface area (TPSA) is 38.3 Å². The molecule has 0 radical (unpaired) electrons. The summed E-state index contributed by atoms with van der Waals surface area (Å²) in [5.74, 6) is 0. The van der Waals surface area contributed by atoms with Crippen LogP contribution in [0.4, 0.5) is 4.79 Å². The Morgan fingerprint density at radius 3 is 2.78 bits per heavy atom. The summed E-state index contributed by atoms with van der Waals surface area (Å²) < 4.78 is 6.08. The fourth-order valence-electron chi connectivity index (χ4n) is 2.11. The van der Waals surface area contributed by atoms with Crippen LogP contribution in [0.25, 0.3) is 0 Å². The van der Waals surface area contributed by atoms with Crippen LogP contribution in [0.1, 0.15) is 31.0 Å². The highest BCUT2D eigenvalue weighted by molar-refractivity contribution is 9.10. The van der Waals surface area contributed by atoms with Crippen LogP contribution in [0.2, 0.25) is 0 Å². The van der Waals surface area contributed by atoms with Crippen LogP contribution in [0.15, 0.2) is 22.7 Å². The molecule has 0 spiro atoms. The molecule has 1 N–H and O–H groups in total. The van der Waals surface area contributed by atoms with Crippen LogP contribution >= 0.6 is 28.3 Å². The molecular weight excluding hydrogens is 318 g/mol. The second-order valence-electron chi connectivity index (χ2n) is 5.14. The summed E-state index contributed by atoms with van der Waals surface area (Å²) in [6.45, 7) is 6.68. The van der Waals surface area contributed by atoms with Crippen LogP contribution in [-0.2, 0) is 4.74 Å². The van der Waals surface area contributed by atoms with Gasteiger partial charge in [-0.3, -0.25) is 0 Å². The minimum Gasteiger partial charge on any atom is -0.449 e. The summed E-state index contributed by atoms with van der Waals surface area (Å²) in [7, 11) is 0. The van der Waals surface area contributed by atoms with E-state index in [-0.39, 0.29) is 30.0 Å². The summed E-state index contributed by atoms with van der Waals surface area (Å²) in [6, 6.07) is 6.11. The van der Waals surface area contributed by atoms with Gasteiger partial charge in [-0.2, -0.15) is 0 Å². The summed E-state index contributed by atoms with van der Waals surface area (Å²) in [5.41, 5.74) is 2.20. The lowest BCUT2D eigenvalue weighted by atomic mass is 9.79. The zero-order chi connectivity index (χ0) is 12.6. The van der Waals surface area contributed by atoms with Gasteiger partial charge in [0.25, 0.3) is 0 Å². The van der Waals surface area contributed by atoms with Crippen molar-refractivity contribution >= 4 is 34.4 Å². The lowest BCUT2D eigenvalue weighted by Gasteiger charge is -2.39. The molecule has 5 heteroatoms. The molecule has 1 heterocycles. The van der Waals surface area contributed by atoms with Gasteiger partial charge < -0.3 is 10.1 Å². The van der Waals surface area contributed by atoms with Crippen molar-refractivity contribution in [2.45, 2.75) is 26.8 Å². The number of benzene rings is 1. The molecule has 3 nitrogen and oxygen atoms in total. The van der Waals surface area contributed by atoms with Crippen LogP contribution in [0.5, 0.6) is 0 Å². The number of halogens is 2. The SMILES string of the molecule is Cc1ccc(Br)cc1[C@H]1NC(=O)OCC1(C)C.Cl. The standard InChI is InChI=1S/C13H16BrNO2.ClH/c1-8-4-5-9(14)6-10(8)11-13(2,3)7-17-12(16)15-11;/h4-6,11H,7H2,1-3H3,(H,15,16);1H/t11-;/m1./s1. The number of nitrogens with one attached hydrogen (secondary N) is 1. The average molecular weight is 335 g/mol. The van der Waals surface area contributed by atoms with Crippen molar-refractivity contribution in [1.29, 1.82) is 0 Å². The van der Waals surface area contributed by atoms with E-state index in [0.717, 1.165) is 10.0 Å². The number of carbonyl (C=O) groups is 1. The van der Waals surface area contributed by atoms with E-state index in [0.29, 0.717) is 6.61 Å². The summed E-state index contributed by atoms with van der Waals surface area (Å²) in [4.78, 5) is 11.4. The van der Waals surface area contributed by atoms with E-state index >= 15 is 0 Å². The normalized spacial score (nSPS) is 21.6.